The molecule has 9 heteroatoms. The topological polar surface area (TPSA) is 79.9 Å². The van der Waals surface area contributed by atoms with Crippen LogP contribution in [0.15, 0.2) is 48.4 Å². The fourth-order valence-corrected chi connectivity index (χ4v) is 4.66. The first-order chi connectivity index (χ1) is 15.2. The van der Waals surface area contributed by atoms with E-state index < -0.39 is 0 Å². The Morgan fingerprint density at radius 2 is 2.19 bits per heavy atom. The van der Waals surface area contributed by atoms with Crippen molar-refractivity contribution in [2.45, 2.75) is 18.9 Å². The monoisotopic (exact) mass is 432 g/mol. The molecule has 31 heavy (non-hydrogen) atoms. The lowest BCUT2D eigenvalue weighted by atomic mass is 10.1. The fraction of sp³-hybridized carbons (Fsp3) is 0.273. The molecule has 1 aliphatic rings. The molecule has 5 aromatic rings. The third kappa shape index (κ3) is 3.45. The van der Waals surface area contributed by atoms with Crippen molar-refractivity contribution in [2.75, 3.05) is 13.2 Å². The van der Waals surface area contributed by atoms with Gasteiger partial charge in [-0.05, 0) is 23.8 Å². The number of thiazole rings is 1. The minimum atomic E-state index is -0.00302. The maximum absolute atomic E-state index is 6.32. The van der Waals surface area contributed by atoms with Gasteiger partial charge >= 0.3 is 0 Å². The summed E-state index contributed by atoms with van der Waals surface area (Å²) in [4.78, 5) is 14.0. The molecule has 0 unspecified atom stereocenters. The summed E-state index contributed by atoms with van der Waals surface area (Å²) in [6.07, 6.45) is 7.24. The van der Waals surface area contributed by atoms with Crippen LogP contribution in [0.4, 0.5) is 0 Å². The number of nitrogens with zero attached hydrogens (tertiary/aromatic N) is 6. The molecule has 0 amide bonds. The summed E-state index contributed by atoms with van der Waals surface area (Å²) in [5, 5.41) is 4.30. The van der Waals surface area contributed by atoms with Crippen LogP contribution in [0, 0.1) is 0 Å². The van der Waals surface area contributed by atoms with Crippen molar-refractivity contribution < 1.29 is 9.47 Å². The van der Waals surface area contributed by atoms with Gasteiger partial charge in [0.1, 0.15) is 17.4 Å². The summed E-state index contributed by atoms with van der Waals surface area (Å²) < 4.78 is 16.8. The molecule has 0 radical (unpaired) electrons. The van der Waals surface area contributed by atoms with Gasteiger partial charge < -0.3 is 14.0 Å². The molecular formula is C22H20N6O2S. The van der Waals surface area contributed by atoms with Gasteiger partial charge in [-0.1, -0.05) is 6.07 Å². The number of aryl methyl sites for hydroxylation is 1. The van der Waals surface area contributed by atoms with E-state index in [4.69, 9.17) is 19.4 Å². The van der Waals surface area contributed by atoms with Gasteiger partial charge in [-0.15, -0.1) is 11.3 Å². The molecule has 6 rings (SSSR count). The van der Waals surface area contributed by atoms with Crippen molar-refractivity contribution in [1.29, 1.82) is 0 Å². The predicted octanol–water partition coefficient (Wildman–Crippen LogP) is 3.52. The number of fused-ring (bicyclic) bond motifs is 2. The Morgan fingerprint density at radius 1 is 1.23 bits per heavy atom. The fourth-order valence-electron chi connectivity index (χ4n) is 3.92. The molecule has 1 aromatic carbocycles. The Morgan fingerprint density at radius 3 is 3.03 bits per heavy atom. The van der Waals surface area contributed by atoms with Gasteiger partial charge in [-0.3, -0.25) is 4.68 Å². The maximum atomic E-state index is 6.32. The zero-order chi connectivity index (χ0) is 20.8. The molecule has 4 aromatic heterocycles. The van der Waals surface area contributed by atoms with Crippen LogP contribution in [0.3, 0.4) is 0 Å². The lowest BCUT2D eigenvalue weighted by molar-refractivity contribution is 0.139. The number of ether oxygens (including phenoxy) is 2. The smallest absolute Gasteiger partial charge is 0.242 e. The highest BCUT2D eigenvalue weighted by atomic mass is 32.1. The molecule has 0 spiro atoms. The van der Waals surface area contributed by atoms with Crippen LogP contribution in [0.2, 0.25) is 0 Å². The molecule has 1 atom stereocenters. The normalized spacial score (nSPS) is 16.5. The van der Waals surface area contributed by atoms with Crippen molar-refractivity contribution in [3.8, 4) is 11.6 Å². The van der Waals surface area contributed by atoms with E-state index in [9.17, 15) is 0 Å². The van der Waals surface area contributed by atoms with Crippen LogP contribution in [0.1, 0.15) is 17.8 Å². The van der Waals surface area contributed by atoms with Gasteiger partial charge in [-0.25, -0.2) is 9.97 Å². The van der Waals surface area contributed by atoms with E-state index in [0.717, 1.165) is 40.0 Å². The number of benzene rings is 1. The molecule has 1 saturated heterocycles. The van der Waals surface area contributed by atoms with Gasteiger partial charge in [0, 0.05) is 32.3 Å². The minimum absolute atomic E-state index is 0.00302. The first-order valence-electron chi connectivity index (χ1n) is 10.2. The number of rotatable bonds is 5. The number of hydrogen-bond acceptors (Lipinski definition) is 7. The Labute approximate surface area is 182 Å². The van der Waals surface area contributed by atoms with E-state index in [1.54, 1.807) is 16.0 Å². The molecule has 1 aliphatic heterocycles. The van der Waals surface area contributed by atoms with Crippen molar-refractivity contribution in [2.24, 2.45) is 7.05 Å². The Kier molecular flexibility index (Phi) is 4.43. The van der Waals surface area contributed by atoms with Crippen molar-refractivity contribution in [3.05, 3.63) is 59.8 Å². The second kappa shape index (κ2) is 7.44. The highest BCUT2D eigenvalue weighted by Gasteiger charge is 2.22. The van der Waals surface area contributed by atoms with Crippen molar-refractivity contribution in [3.63, 3.8) is 0 Å². The van der Waals surface area contributed by atoms with Crippen molar-refractivity contribution in [1.82, 2.24) is 29.3 Å². The second-order valence-corrected chi connectivity index (χ2v) is 8.56. The molecule has 5 heterocycles. The molecule has 0 bridgehead atoms. The van der Waals surface area contributed by atoms with Crippen LogP contribution in [-0.2, 0) is 18.2 Å². The highest BCUT2D eigenvalue weighted by molar-refractivity contribution is 7.16. The molecule has 156 valence electrons. The van der Waals surface area contributed by atoms with Crippen LogP contribution in [0.5, 0.6) is 5.88 Å². The zero-order valence-electron chi connectivity index (χ0n) is 16.9. The van der Waals surface area contributed by atoms with E-state index in [2.05, 4.69) is 22.2 Å². The number of aromatic nitrogens is 6. The summed E-state index contributed by atoms with van der Waals surface area (Å²) in [6.45, 7) is 1.29. The van der Waals surface area contributed by atoms with E-state index in [0.29, 0.717) is 25.5 Å². The lowest BCUT2D eigenvalue weighted by Gasteiger charge is -2.14. The van der Waals surface area contributed by atoms with E-state index in [1.165, 1.54) is 4.70 Å². The lowest BCUT2D eigenvalue weighted by Crippen LogP contribution is -2.18. The summed E-state index contributed by atoms with van der Waals surface area (Å²) in [5.41, 5.74) is 6.68. The predicted molar refractivity (Wildman–Crippen MR) is 118 cm³/mol. The zero-order valence-corrected chi connectivity index (χ0v) is 17.7. The van der Waals surface area contributed by atoms with E-state index >= 15 is 0 Å². The van der Waals surface area contributed by atoms with E-state index in [1.807, 2.05) is 47.8 Å². The molecule has 0 saturated carbocycles. The second-order valence-electron chi connectivity index (χ2n) is 7.67. The van der Waals surface area contributed by atoms with Crippen LogP contribution < -0.4 is 4.74 Å². The summed E-state index contributed by atoms with van der Waals surface area (Å²) in [7, 11) is 1.90. The van der Waals surface area contributed by atoms with Gasteiger partial charge in [0.05, 0.1) is 46.3 Å². The Bertz CT molecular complexity index is 1380. The summed E-state index contributed by atoms with van der Waals surface area (Å²) in [5.74, 6) is 1.32. The minimum Gasteiger partial charge on any atom is -0.470 e. The Hall–Kier alpha value is -3.30. The summed E-state index contributed by atoms with van der Waals surface area (Å²) >= 11 is 1.64. The van der Waals surface area contributed by atoms with Gasteiger partial charge in [-0.2, -0.15) is 10.1 Å². The van der Waals surface area contributed by atoms with Crippen LogP contribution in [-0.4, -0.2) is 48.6 Å². The van der Waals surface area contributed by atoms with Gasteiger partial charge in [0.15, 0.2) is 0 Å². The first-order valence-corrected chi connectivity index (χ1v) is 11.0. The van der Waals surface area contributed by atoms with E-state index in [-0.39, 0.29) is 6.10 Å². The van der Waals surface area contributed by atoms with Gasteiger partial charge in [0.2, 0.25) is 5.88 Å². The molecule has 1 fully saturated rings. The molecule has 0 N–H and O–H groups in total. The first kappa shape index (κ1) is 18.5. The maximum Gasteiger partial charge on any atom is 0.242 e. The molecule has 8 nitrogen and oxygen atoms in total. The highest BCUT2D eigenvalue weighted by Crippen LogP contribution is 2.29. The average Bonchev–Trinajstić information content (AvgIpc) is 3.54. The standard InChI is InChI=1S/C22H20N6O2S/c1-27-11-15(10-24-27)28-6-4-18-21(28)22(30-16-5-7-29-12-16)26-20(25-18)9-14-2-3-17-19(8-14)31-13-23-17/h2-4,6,8,10-11,13,16H,5,7,9,12H2,1H3/t16-/m0/s1. The molecule has 0 aliphatic carbocycles. The molecular weight excluding hydrogens is 412 g/mol. The quantitative estimate of drug-likeness (QED) is 0.423. The SMILES string of the molecule is Cn1cc(-n2ccc3nc(Cc4ccc5ncsc5c4)nc(O[C@H]4CCOC4)c32)cn1. The third-order valence-electron chi connectivity index (χ3n) is 5.44. The Balaban J connectivity index is 1.43. The van der Waals surface area contributed by atoms with Crippen molar-refractivity contribution >= 4 is 32.6 Å². The summed E-state index contributed by atoms with van der Waals surface area (Å²) in [6, 6.07) is 8.29. The average molecular weight is 433 g/mol. The largest absolute Gasteiger partial charge is 0.470 e. The third-order valence-corrected chi connectivity index (χ3v) is 6.23. The van der Waals surface area contributed by atoms with Gasteiger partial charge in [0.25, 0.3) is 0 Å². The van der Waals surface area contributed by atoms with Crippen LogP contribution in [0.25, 0.3) is 26.9 Å². The number of hydrogen-bond donors (Lipinski definition) is 0. The van der Waals surface area contributed by atoms with Crippen LogP contribution >= 0.6 is 11.3 Å².